The lowest BCUT2D eigenvalue weighted by molar-refractivity contribution is -0.143. The lowest BCUT2D eigenvalue weighted by atomic mass is 9.75. The van der Waals surface area contributed by atoms with Crippen LogP contribution < -0.4 is 5.69 Å². The minimum Gasteiger partial charge on any atom is -0.373 e. The highest BCUT2D eigenvalue weighted by Crippen LogP contribution is 2.40. The first-order chi connectivity index (χ1) is 20.0. The van der Waals surface area contributed by atoms with Crippen LogP contribution in [0.4, 0.5) is 26.3 Å². The first-order valence-electron chi connectivity index (χ1n) is 13.3. The van der Waals surface area contributed by atoms with Crippen LogP contribution in [0.25, 0.3) is 0 Å². The van der Waals surface area contributed by atoms with Gasteiger partial charge in [-0.15, -0.1) is 0 Å². The van der Waals surface area contributed by atoms with E-state index in [1.165, 1.54) is 0 Å². The summed E-state index contributed by atoms with van der Waals surface area (Å²) in [7, 11) is 0. The molecule has 5 rings (SSSR count). The maximum Gasteiger partial charge on any atom is 0.416 e. The van der Waals surface area contributed by atoms with E-state index in [2.05, 4.69) is 20.1 Å². The van der Waals surface area contributed by atoms with Crippen molar-refractivity contribution < 1.29 is 31.1 Å². The van der Waals surface area contributed by atoms with Crippen molar-refractivity contribution in [1.82, 2.24) is 20.1 Å². The maximum atomic E-state index is 13.5. The average Bonchev–Trinajstić information content (AvgIpc) is 3.37. The Labute approximate surface area is 237 Å². The summed E-state index contributed by atoms with van der Waals surface area (Å²) >= 11 is 0. The highest BCUT2D eigenvalue weighted by molar-refractivity contribution is 5.35. The van der Waals surface area contributed by atoms with Crippen LogP contribution in [0.15, 0.2) is 83.7 Å². The van der Waals surface area contributed by atoms with Crippen LogP contribution >= 0.6 is 0 Å². The van der Waals surface area contributed by atoms with Crippen LogP contribution in [-0.2, 0) is 30.2 Å². The van der Waals surface area contributed by atoms with E-state index in [0.29, 0.717) is 44.0 Å². The lowest BCUT2D eigenvalue weighted by Gasteiger charge is -2.42. The van der Waals surface area contributed by atoms with Gasteiger partial charge in [0.2, 0.25) is 0 Å². The van der Waals surface area contributed by atoms with E-state index in [-0.39, 0.29) is 23.5 Å². The fraction of sp³-hybridized carbons (Fsp3) is 0.333. The zero-order valence-electron chi connectivity index (χ0n) is 22.3. The third-order valence-electron chi connectivity index (χ3n) is 7.46. The van der Waals surface area contributed by atoms with Gasteiger partial charge in [-0.3, -0.25) is 9.88 Å². The normalized spacial score (nSPS) is 18.5. The molecule has 1 fully saturated rings. The molecule has 1 aromatic heterocycles. The molecule has 4 aromatic rings. The van der Waals surface area contributed by atoms with Gasteiger partial charge >= 0.3 is 18.0 Å². The Morgan fingerprint density at radius 3 is 1.95 bits per heavy atom. The van der Waals surface area contributed by atoms with E-state index in [9.17, 15) is 31.1 Å². The Hall–Kier alpha value is -3.90. The van der Waals surface area contributed by atoms with Crippen molar-refractivity contribution in [2.45, 2.75) is 43.9 Å². The van der Waals surface area contributed by atoms with Gasteiger partial charge in [0.15, 0.2) is 0 Å². The third kappa shape index (κ3) is 7.11. The molecule has 42 heavy (non-hydrogen) atoms. The van der Waals surface area contributed by atoms with Crippen LogP contribution in [0, 0.1) is 5.92 Å². The molecule has 1 aliphatic heterocycles. The van der Waals surface area contributed by atoms with Gasteiger partial charge in [0.05, 0.1) is 30.4 Å². The van der Waals surface area contributed by atoms with Gasteiger partial charge in [0.25, 0.3) is 0 Å². The molecule has 2 N–H and O–H groups in total. The average molecular weight is 591 g/mol. The van der Waals surface area contributed by atoms with Crippen LogP contribution in [0.5, 0.6) is 0 Å². The molecule has 2 heterocycles. The number of nitrogens with zero attached hydrogens (tertiary/aromatic N) is 2. The number of benzene rings is 3. The van der Waals surface area contributed by atoms with Gasteiger partial charge < -0.3 is 4.74 Å². The van der Waals surface area contributed by atoms with Crippen molar-refractivity contribution in [2.24, 2.45) is 5.92 Å². The molecule has 0 amide bonds. The Balaban J connectivity index is 1.47. The number of aromatic amines is 2. The predicted molar refractivity (Wildman–Crippen MR) is 142 cm³/mol. The molecule has 0 spiro atoms. The van der Waals surface area contributed by atoms with Gasteiger partial charge in [-0.25, -0.2) is 9.89 Å². The number of hydrogen-bond donors (Lipinski definition) is 2. The fourth-order valence-corrected chi connectivity index (χ4v) is 5.61. The summed E-state index contributed by atoms with van der Waals surface area (Å²) in [4.78, 5) is 16.3. The van der Waals surface area contributed by atoms with Gasteiger partial charge in [-0.2, -0.15) is 31.4 Å². The number of hydrogen-bond acceptors (Lipinski definition) is 4. The van der Waals surface area contributed by atoms with Gasteiger partial charge in [0.1, 0.15) is 5.82 Å². The van der Waals surface area contributed by atoms with Crippen LogP contribution in [-0.4, -0.2) is 39.3 Å². The van der Waals surface area contributed by atoms with Crippen LogP contribution in [0.1, 0.15) is 46.0 Å². The lowest BCUT2D eigenvalue weighted by Crippen LogP contribution is -2.46. The fourth-order valence-electron chi connectivity index (χ4n) is 5.61. The molecule has 222 valence electrons. The monoisotopic (exact) mass is 590 g/mol. The first kappa shape index (κ1) is 29.6. The quantitative estimate of drug-likeness (QED) is 0.234. The van der Waals surface area contributed by atoms with E-state index in [0.717, 1.165) is 11.1 Å². The van der Waals surface area contributed by atoms with Crippen molar-refractivity contribution in [3.8, 4) is 0 Å². The summed E-state index contributed by atoms with van der Waals surface area (Å²) in [5, 5.41) is 6.35. The Morgan fingerprint density at radius 1 is 0.881 bits per heavy atom. The molecule has 1 aliphatic rings. The zero-order valence-corrected chi connectivity index (χ0v) is 22.3. The zero-order chi connectivity index (χ0) is 29.9. The number of halogens is 6. The topological polar surface area (TPSA) is 74.0 Å². The summed E-state index contributed by atoms with van der Waals surface area (Å²) in [6, 6.07) is 20.9. The molecule has 0 aliphatic carbocycles. The number of piperidine rings is 1. The summed E-state index contributed by atoms with van der Waals surface area (Å²) in [6.07, 6.45) is -9.92. The molecular formula is C30H28F6N4O2. The van der Waals surface area contributed by atoms with E-state index < -0.39 is 41.9 Å². The molecule has 2 unspecified atom stereocenters. The maximum absolute atomic E-state index is 13.5. The Kier molecular flexibility index (Phi) is 8.55. The standard InChI is InChI=1S/C30H28F6N4O2/c31-29(32,33)22-13-19(14-23(15-22)30(34,35)36)18-42-25-11-12-40(17-26-37-28(41)39-38-26)16-24(25)27(20-7-3-1-4-8-20)21-9-5-2-6-10-21/h1-10,13-15,24-25,27H,11-12,16-18H2,(H2,37,38,39,41). The van der Waals surface area contributed by atoms with Crippen LogP contribution in [0.2, 0.25) is 0 Å². The second-order valence-electron chi connectivity index (χ2n) is 10.4. The predicted octanol–water partition coefficient (Wildman–Crippen LogP) is 6.38. The highest BCUT2D eigenvalue weighted by atomic mass is 19.4. The SMILES string of the molecule is O=c1[nH]nc(CN2CCC(OCc3cc(C(F)(F)F)cc(C(F)(F)F)c3)C(C(c3ccccc3)c3ccccc3)C2)[nH]1. The number of likely N-dealkylation sites (tertiary alicyclic amines) is 1. The number of ether oxygens (including phenoxy) is 1. The Bertz CT molecular complexity index is 1450. The second-order valence-corrected chi connectivity index (χ2v) is 10.4. The van der Waals surface area contributed by atoms with Gasteiger partial charge in [-0.05, 0) is 41.3 Å². The largest absolute Gasteiger partial charge is 0.416 e. The van der Waals surface area contributed by atoms with Crippen molar-refractivity contribution >= 4 is 0 Å². The van der Waals surface area contributed by atoms with Crippen molar-refractivity contribution in [3.63, 3.8) is 0 Å². The number of aromatic nitrogens is 3. The number of rotatable bonds is 8. The number of alkyl halides is 6. The molecular weight excluding hydrogens is 562 g/mol. The molecule has 0 bridgehead atoms. The Morgan fingerprint density at radius 2 is 1.45 bits per heavy atom. The molecule has 3 aromatic carbocycles. The summed E-state index contributed by atoms with van der Waals surface area (Å²) in [6.45, 7) is 0.922. The molecule has 0 radical (unpaired) electrons. The summed E-state index contributed by atoms with van der Waals surface area (Å²) in [5.41, 5.74) is -1.39. The molecule has 6 nitrogen and oxygen atoms in total. The molecule has 12 heteroatoms. The third-order valence-corrected chi connectivity index (χ3v) is 7.46. The first-order valence-corrected chi connectivity index (χ1v) is 13.3. The number of nitrogens with one attached hydrogen (secondary N) is 2. The van der Waals surface area contributed by atoms with Gasteiger partial charge in [-0.1, -0.05) is 60.7 Å². The molecule has 1 saturated heterocycles. The summed E-state index contributed by atoms with van der Waals surface area (Å²) in [5.74, 6) is 0.0329. The molecule has 2 atom stereocenters. The minimum atomic E-state index is -4.94. The van der Waals surface area contributed by atoms with E-state index in [4.69, 9.17) is 4.74 Å². The van der Waals surface area contributed by atoms with Crippen molar-refractivity contribution in [1.29, 1.82) is 0 Å². The molecule has 0 saturated carbocycles. The van der Waals surface area contributed by atoms with E-state index in [1.54, 1.807) is 0 Å². The van der Waals surface area contributed by atoms with Gasteiger partial charge in [0, 0.05) is 24.9 Å². The van der Waals surface area contributed by atoms with E-state index >= 15 is 0 Å². The smallest absolute Gasteiger partial charge is 0.373 e. The highest BCUT2D eigenvalue weighted by Gasteiger charge is 2.39. The minimum absolute atomic E-state index is 0.116. The summed E-state index contributed by atoms with van der Waals surface area (Å²) < 4.78 is 86.9. The van der Waals surface area contributed by atoms with Crippen molar-refractivity contribution in [2.75, 3.05) is 13.1 Å². The van der Waals surface area contributed by atoms with Crippen LogP contribution in [0.3, 0.4) is 0 Å². The van der Waals surface area contributed by atoms with Crippen molar-refractivity contribution in [3.05, 3.63) is 123 Å². The van der Waals surface area contributed by atoms with E-state index in [1.807, 2.05) is 60.7 Å². The second kappa shape index (κ2) is 12.1. The number of H-pyrrole nitrogens is 2.